The van der Waals surface area contributed by atoms with Crippen molar-refractivity contribution in [3.05, 3.63) is 36.1 Å². The average Bonchev–Trinajstić information content (AvgIpc) is 3.14. The van der Waals surface area contributed by atoms with Gasteiger partial charge in [-0.2, -0.15) is 0 Å². The molecule has 0 bridgehead atoms. The van der Waals surface area contributed by atoms with Gasteiger partial charge in [0.15, 0.2) is 0 Å². The Bertz CT molecular complexity index is 497. The number of rotatable bonds is 7. The Hall–Kier alpha value is -1.32. The molecule has 2 aromatic rings. The first-order valence-electron chi connectivity index (χ1n) is 7.16. The maximum Gasteiger partial charge on any atom is 0.134 e. The SMILES string of the molecule is CCNC(COCC1CC1)c1cc2ccccc2o1. The van der Waals surface area contributed by atoms with Crippen LogP contribution >= 0.6 is 0 Å². The van der Waals surface area contributed by atoms with Crippen LogP contribution in [0.1, 0.15) is 31.6 Å². The molecule has 3 heteroatoms. The van der Waals surface area contributed by atoms with Crippen LogP contribution in [-0.4, -0.2) is 19.8 Å². The quantitative estimate of drug-likeness (QED) is 0.826. The number of nitrogens with one attached hydrogen (secondary N) is 1. The zero-order valence-electron chi connectivity index (χ0n) is 11.4. The minimum Gasteiger partial charge on any atom is -0.459 e. The molecule has 1 N–H and O–H groups in total. The molecule has 1 aliphatic rings. The molecule has 0 amide bonds. The molecular formula is C16H21NO2. The van der Waals surface area contributed by atoms with E-state index in [1.54, 1.807) is 0 Å². The van der Waals surface area contributed by atoms with Gasteiger partial charge in [-0.05, 0) is 37.4 Å². The van der Waals surface area contributed by atoms with E-state index in [9.17, 15) is 0 Å². The molecule has 3 rings (SSSR count). The molecule has 1 heterocycles. The minimum absolute atomic E-state index is 0.149. The van der Waals surface area contributed by atoms with Gasteiger partial charge in [-0.1, -0.05) is 25.1 Å². The lowest BCUT2D eigenvalue weighted by Crippen LogP contribution is -2.25. The molecule has 1 atom stereocenters. The summed E-state index contributed by atoms with van der Waals surface area (Å²) in [5.41, 5.74) is 0.947. The topological polar surface area (TPSA) is 34.4 Å². The zero-order valence-corrected chi connectivity index (χ0v) is 11.4. The Morgan fingerprint density at radius 3 is 2.95 bits per heavy atom. The van der Waals surface area contributed by atoms with Gasteiger partial charge < -0.3 is 14.5 Å². The van der Waals surface area contributed by atoms with Crippen LogP contribution in [0, 0.1) is 5.92 Å². The third-order valence-electron chi connectivity index (χ3n) is 3.57. The lowest BCUT2D eigenvalue weighted by atomic mass is 10.2. The summed E-state index contributed by atoms with van der Waals surface area (Å²) in [7, 11) is 0. The molecule has 0 radical (unpaired) electrons. The summed E-state index contributed by atoms with van der Waals surface area (Å²) in [4.78, 5) is 0. The fourth-order valence-electron chi connectivity index (χ4n) is 2.30. The van der Waals surface area contributed by atoms with Crippen molar-refractivity contribution in [1.29, 1.82) is 0 Å². The van der Waals surface area contributed by atoms with Gasteiger partial charge in [0.05, 0.1) is 12.6 Å². The Morgan fingerprint density at radius 2 is 2.21 bits per heavy atom. The third kappa shape index (κ3) is 3.17. The van der Waals surface area contributed by atoms with Gasteiger partial charge in [0.25, 0.3) is 0 Å². The molecule has 1 aromatic carbocycles. The summed E-state index contributed by atoms with van der Waals surface area (Å²) in [5.74, 6) is 1.77. The highest BCUT2D eigenvalue weighted by atomic mass is 16.5. The Balaban J connectivity index is 1.69. The Kier molecular flexibility index (Phi) is 3.85. The fraction of sp³-hybridized carbons (Fsp3) is 0.500. The van der Waals surface area contributed by atoms with Crippen LogP contribution in [0.25, 0.3) is 11.0 Å². The van der Waals surface area contributed by atoms with E-state index in [0.29, 0.717) is 6.61 Å². The Labute approximate surface area is 113 Å². The highest BCUT2D eigenvalue weighted by Gasteiger charge is 2.22. The van der Waals surface area contributed by atoms with E-state index in [-0.39, 0.29) is 6.04 Å². The molecule has 0 aliphatic heterocycles. The molecule has 1 fully saturated rings. The summed E-state index contributed by atoms with van der Waals surface area (Å²) in [6.45, 7) is 4.59. The van der Waals surface area contributed by atoms with Gasteiger partial charge in [0.1, 0.15) is 11.3 Å². The normalized spacial score (nSPS) is 16.9. The molecule has 1 aliphatic carbocycles. The third-order valence-corrected chi connectivity index (χ3v) is 3.57. The van der Waals surface area contributed by atoms with E-state index in [2.05, 4.69) is 24.4 Å². The standard InChI is InChI=1S/C16H21NO2/c1-2-17-14(11-18-10-12-7-8-12)16-9-13-5-3-4-6-15(13)19-16/h3-6,9,12,14,17H,2,7-8,10-11H2,1H3. The number of likely N-dealkylation sites (N-methyl/N-ethyl adjacent to an activating group) is 1. The van der Waals surface area contributed by atoms with Gasteiger partial charge in [-0.15, -0.1) is 0 Å². The molecule has 1 aromatic heterocycles. The van der Waals surface area contributed by atoms with Crippen LogP contribution in [-0.2, 0) is 4.74 Å². The van der Waals surface area contributed by atoms with Crippen molar-refractivity contribution in [3.63, 3.8) is 0 Å². The van der Waals surface area contributed by atoms with E-state index in [4.69, 9.17) is 9.15 Å². The second-order valence-electron chi connectivity index (χ2n) is 5.28. The van der Waals surface area contributed by atoms with E-state index < -0.39 is 0 Å². The van der Waals surface area contributed by atoms with Gasteiger partial charge in [0, 0.05) is 12.0 Å². The largest absolute Gasteiger partial charge is 0.459 e. The second kappa shape index (κ2) is 5.76. The van der Waals surface area contributed by atoms with Crippen LogP contribution in [0.4, 0.5) is 0 Å². The number of furan rings is 1. The van der Waals surface area contributed by atoms with Crippen molar-refractivity contribution in [3.8, 4) is 0 Å². The number of para-hydroxylation sites is 1. The average molecular weight is 259 g/mol. The lowest BCUT2D eigenvalue weighted by molar-refractivity contribution is 0.0978. The highest BCUT2D eigenvalue weighted by molar-refractivity contribution is 5.77. The Morgan fingerprint density at radius 1 is 1.37 bits per heavy atom. The summed E-state index contributed by atoms with van der Waals surface area (Å²) in [6, 6.07) is 10.4. The number of benzene rings is 1. The molecular weight excluding hydrogens is 238 g/mol. The molecule has 0 saturated heterocycles. The van der Waals surface area contributed by atoms with Crippen molar-refractivity contribution >= 4 is 11.0 Å². The smallest absolute Gasteiger partial charge is 0.134 e. The van der Waals surface area contributed by atoms with E-state index in [0.717, 1.165) is 35.8 Å². The summed E-state index contributed by atoms with van der Waals surface area (Å²) < 4.78 is 11.7. The number of ether oxygens (including phenoxy) is 1. The van der Waals surface area contributed by atoms with Crippen LogP contribution in [0.5, 0.6) is 0 Å². The first-order valence-corrected chi connectivity index (χ1v) is 7.16. The van der Waals surface area contributed by atoms with E-state index in [1.807, 2.05) is 18.2 Å². The first kappa shape index (κ1) is 12.7. The van der Waals surface area contributed by atoms with Crippen molar-refractivity contribution in [2.75, 3.05) is 19.8 Å². The van der Waals surface area contributed by atoms with Crippen LogP contribution in [0.2, 0.25) is 0 Å². The van der Waals surface area contributed by atoms with Crippen LogP contribution in [0.15, 0.2) is 34.7 Å². The molecule has 19 heavy (non-hydrogen) atoms. The fourth-order valence-corrected chi connectivity index (χ4v) is 2.30. The highest BCUT2D eigenvalue weighted by Crippen LogP contribution is 2.29. The lowest BCUT2D eigenvalue weighted by Gasteiger charge is -2.15. The predicted octanol–water partition coefficient (Wildman–Crippen LogP) is 3.51. The van der Waals surface area contributed by atoms with Crippen molar-refractivity contribution < 1.29 is 9.15 Å². The van der Waals surface area contributed by atoms with E-state index in [1.165, 1.54) is 12.8 Å². The molecule has 102 valence electrons. The maximum absolute atomic E-state index is 5.91. The molecule has 1 unspecified atom stereocenters. The van der Waals surface area contributed by atoms with Crippen molar-refractivity contribution in [2.45, 2.75) is 25.8 Å². The van der Waals surface area contributed by atoms with Gasteiger partial charge >= 0.3 is 0 Å². The summed E-state index contributed by atoms with van der Waals surface area (Å²) in [6.07, 6.45) is 2.66. The maximum atomic E-state index is 5.91. The van der Waals surface area contributed by atoms with E-state index >= 15 is 0 Å². The van der Waals surface area contributed by atoms with Crippen LogP contribution in [0.3, 0.4) is 0 Å². The second-order valence-corrected chi connectivity index (χ2v) is 5.28. The van der Waals surface area contributed by atoms with Crippen molar-refractivity contribution in [1.82, 2.24) is 5.32 Å². The molecule has 0 spiro atoms. The summed E-state index contributed by atoms with van der Waals surface area (Å²) >= 11 is 0. The van der Waals surface area contributed by atoms with Gasteiger partial charge in [-0.3, -0.25) is 0 Å². The number of hydrogen-bond acceptors (Lipinski definition) is 3. The number of hydrogen-bond donors (Lipinski definition) is 1. The monoisotopic (exact) mass is 259 g/mol. The summed E-state index contributed by atoms with van der Waals surface area (Å²) in [5, 5.41) is 4.59. The molecule has 3 nitrogen and oxygen atoms in total. The molecule has 1 saturated carbocycles. The minimum atomic E-state index is 0.149. The van der Waals surface area contributed by atoms with Crippen LogP contribution < -0.4 is 5.32 Å². The zero-order chi connectivity index (χ0) is 13.1. The van der Waals surface area contributed by atoms with Gasteiger partial charge in [0.2, 0.25) is 0 Å². The van der Waals surface area contributed by atoms with Crippen molar-refractivity contribution in [2.24, 2.45) is 5.92 Å². The first-order chi connectivity index (χ1) is 9.36. The predicted molar refractivity (Wildman–Crippen MR) is 76.2 cm³/mol. The van der Waals surface area contributed by atoms with Gasteiger partial charge in [-0.25, -0.2) is 0 Å². The number of fused-ring (bicyclic) bond motifs is 1.